The van der Waals surface area contributed by atoms with Gasteiger partial charge in [0.2, 0.25) is 0 Å². The molecule has 1 aliphatic rings. The molecule has 1 aromatic carbocycles. The van der Waals surface area contributed by atoms with Crippen molar-refractivity contribution in [2.24, 2.45) is 5.92 Å². The Hall–Kier alpha value is -1.44. The smallest absolute Gasteiger partial charge is 0.317 e. The molecule has 2 amide bonds. The summed E-state index contributed by atoms with van der Waals surface area (Å²) < 4.78 is 9.33. The number of nitrogens with one attached hydrogen (secondary N) is 2. The average Bonchev–Trinajstić information content (AvgIpc) is 3.55. The summed E-state index contributed by atoms with van der Waals surface area (Å²) in [6.07, 6.45) is 6.21. The highest BCUT2D eigenvalue weighted by Crippen LogP contribution is 2.33. The second-order valence-electron chi connectivity index (χ2n) is 7.36. The molecule has 1 saturated carbocycles. The maximum atomic E-state index is 11.6. The minimum absolute atomic E-state index is 0.140. The third-order valence-electron chi connectivity index (χ3n) is 4.86. The van der Waals surface area contributed by atoms with Gasteiger partial charge in [-0.1, -0.05) is 36.0 Å². The quantitative estimate of drug-likeness (QED) is 0.254. The highest BCUT2D eigenvalue weighted by molar-refractivity contribution is 7.97. The molecule has 0 spiro atoms. The van der Waals surface area contributed by atoms with Crippen molar-refractivity contribution in [2.75, 3.05) is 32.5 Å². The van der Waals surface area contributed by atoms with Gasteiger partial charge in [-0.2, -0.15) is 0 Å². The summed E-state index contributed by atoms with van der Waals surface area (Å²) in [5.41, 5.74) is 1.16. The van der Waals surface area contributed by atoms with Crippen molar-refractivity contribution < 1.29 is 14.3 Å². The van der Waals surface area contributed by atoms with Gasteiger partial charge in [0.1, 0.15) is 12.0 Å². The number of nitrogens with zero attached hydrogens (tertiary/aromatic N) is 1. The molecule has 1 atom stereocenters. The van der Waals surface area contributed by atoms with Crippen molar-refractivity contribution in [3.63, 3.8) is 0 Å². The van der Waals surface area contributed by atoms with Gasteiger partial charge < -0.3 is 19.7 Å². The standard InChI is InChI=1S/C21H32ClN3O3S/c1-16(18-8-9-19(22)20(14-18)28-15-17-6-7-17)24-29-13-5-3-4-10-25(11-12-26)21(27)23-2/h8-9,12,14,16-17,24H,3-7,10-11,13,15H2,1-2H3,(H,23,27). The second kappa shape index (κ2) is 13.0. The van der Waals surface area contributed by atoms with Crippen LogP contribution in [0.1, 0.15) is 50.6 Å². The van der Waals surface area contributed by atoms with Crippen molar-refractivity contribution >= 4 is 35.9 Å². The zero-order valence-corrected chi connectivity index (χ0v) is 18.9. The molecule has 8 heteroatoms. The zero-order valence-electron chi connectivity index (χ0n) is 17.3. The fraction of sp³-hybridized carbons (Fsp3) is 0.619. The van der Waals surface area contributed by atoms with E-state index < -0.39 is 0 Å². The molecular weight excluding hydrogens is 410 g/mol. The SMILES string of the molecule is CNC(=O)N(CC=O)CCCCCSNC(C)c1ccc(Cl)c(OCC2CC2)c1. The van der Waals surface area contributed by atoms with Crippen LogP contribution in [0, 0.1) is 5.92 Å². The summed E-state index contributed by atoms with van der Waals surface area (Å²) in [6.45, 7) is 3.62. The van der Waals surface area contributed by atoms with Gasteiger partial charge in [0.25, 0.3) is 0 Å². The van der Waals surface area contributed by atoms with E-state index in [1.807, 2.05) is 18.2 Å². The third-order valence-corrected chi connectivity index (χ3v) is 6.18. The zero-order chi connectivity index (χ0) is 21.1. The van der Waals surface area contributed by atoms with Crippen LogP contribution in [0.2, 0.25) is 5.02 Å². The molecule has 1 aliphatic carbocycles. The number of hydrogen-bond acceptors (Lipinski definition) is 5. The summed E-state index contributed by atoms with van der Waals surface area (Å²) in [4.78, 5) is 23.8. The fourth-order valence-electron chi connectivity index (χ4n) is 2.82. The maximum absolute atomic E-state index is 11.6. The second-order valence-corrected chi connectivity index (χ2v) is 8.70. The van der Waals surface area contributed by atoms with E-state index in [-0.39, 0.29) is 18.6 Å². The average molecular weight is 442 g/mol. The van der Waals surface area contributed by atoms with Gasteiger partial charge in [-0.15, -0.1) is 0 Å². The van der Waals surface area contributed by atoms with E-state index in [1.54, 1.807) is 19.0 Å². The lowest BCUT2D eigenvalue weighted by Crippen LogP contribution is -2.39. The van der Waals surface area contributed by atoms with Gasteiger partial charge in [0, 0.05) is 25.4 Å². The number of carbonyl (C=O) groups is 2. The molecule has 1 unspecified atom stereocenters. The number of carbonyl (C=O) groups excluding carboxylic acids is 2. The Morgan fingerprint density at radius 1 is 1.38 bits per heavy atom. The van der Waals surface area contributed by atoms with Crippen LogP contribution >= 0.6 is 23.5 Å². The molecule has 2 N–H and O–H groups in total. The third kappa shape index (κ3) is 8.84. The normalized spacial score (nSPS) is 14.3. The highest BCUT2D eigenvalue weighted by Gasteiger charge is 2.22. The number of hydrogen-bond donors (Lipinski definition) is 2. The van der Waals surface area contributed by atoms with Gasteiger partial charge in [-0.05, 0) is 56.2 Å². The number of unbranched alkanes of at least 4 members (excludes halogenated alkanes) is 2. The van der Waals surface area contributed by atoms with E-state index in [0.717, 1.165) is 49.2 Å². The number of benzene rings is 1. The lowest BCUT2D eigenvalue weighted by Gasteiger charge is -2.19. The van der Waals surface area contributed by atoms with Gasteiger partial charge in [-0.3, -0.25) is 4.72 Å². The number of ether oxygens (including phenoxy) is 1. The molecule has 1 fully saturated rings. The van der Waals surface area contributed by atoms with E-state index in [1.165, 1.54) is 17.7 Å². The van der Waals surface area contributed by atoms with Crippen LogP contribution in [0.25, 0.3) is 0 Å². The van der Waals surface area contributed by atoms with E-state index in [2.05, 4.69) is 17.0 Å². The van der Waals surface area contributed by atoms with Crippen LogP contribution < -0.4 is 14.8 Å². The van der Waals surface area contributed by atoms with Gasteiger partial charge in [0.15, 0.2) is 0 Å². The van der Waals surface area contributed by atoms with E-state index in [4.69, 9.17) is 16.3 Å². The lowest BCUT2D eigenvalue weighted by atomic mass is 10.1. The Morgan fingerprint density at radius 3 is 2.86 bits per heavy atom. The van der Waals surface area contributed by atoms with Crippen LogP contribution in [0.15, 0.2) is 18.2 Å². The Kier molecular flexibility index (Phi) is 10.7. The van der Waals surface area contributed by atoms with Crippen molar-refractivity contribution in [1.82, 2.24) is 14.9 Å². The lowest BCUT2D eigenvalue weighted by molar-refractivity contribution is -0.108. The molecule has 0 aliphatic heterocycles. The minimum atomic E-state index is -0.203. The molecule has 0 bridgehead atoms. The Labute approximate surface area is 183 Å². The Bertz CT molecular complexity index is 658. The van der Waals surface area contributed by atoms with Crippen LogP contribution in [0.5, 0.6) is 5.75 Å². The first kappa shape index (κ1) is 23.8. The Morgan fingerprint density at radius 2 is 2.17 bits per heavy atom. The number of halogens is 1. The topological polar surface area (TPSA) is 70.7 Å². The summed E-state index contributed by atoms with van der Waals surface area (Å²) in [6, 6.07) is 5.95. The van der Waals surface area contributed by atoms with E-state index >= 15 is 0 Å². The van der Waals surface area contributed by atoms with Crippen molar-refractivity contribution in [1.29, 1.82) is 0 Å². The van der Waals surface area contributed by atoms with E-state index in [0.29, 0.717) is 17.5 Å². The summed E-state index contributed by atoms with van der Waals surface area (Å²) in [5, 5.41) is 3.22. The van der Waals surface area contributed by atoms with Crippen molar-refractivity contribution in [2.45, 2.75) is 45.1 Å². The molecular formula is C21H32ClN3O3S. The van der Waals surface area contributed by atoms with Crippen LogP contribution in [0.3, 0.4) is 0 Å². The number of rotatable bonds is 14. The van der Waals surface area contributed by atoms with Crippen molar-refractivity contribution in [3.8, 4) is 5.75 Å². The van der Waals surface area contributed by atoms with Gasteiger partial charge >= 0.3 is 6.03 Å². The van der Waals surface area contributed by atoms with Gasteiger partial charge in [-0.25, -0.2) is 4.79 Å². The van der Waals surface area contributed by atoms with Crippen LogP contribution in [0.4, 0.5) is 4.79 Å². The highest BCUT2D eigenvalue weighted by atomic mass is 35.5. The largest absolute Gasteiger partial charge is 0.492 e. The molecule has 2 rings (SSSR count). The predicted octanol–water partition coefficient (Wildman–Crippen LogP) is 4.44. The molecule has 0 saturated heterocycles. The molecule has 0 radical (unpaired) electrons. The first-order chi connectivity index (χ1) is 14.0. The summed E-state index contributed by atoms with van der Waals surface area (Å²) in [5.74, 6) is 2.45. The molecule has 0 heterocycles. The van der Waals surface area contributed by atoms with E-state index in [9.17, 15) is 9.59 Å². The van der Waals surface area contributed by atoms with Crippen molar-refractivity contribution in [3.05, 3.63) is 28.8 Å². The van der Waals surface area contributed by atoms with Gasteiger partial charge in [0.05, 0.1) is 18.2 Å². The van der Waals surface area contributed by atoms with Crippen LogP contribution in [-0.2, 0) is 4.79 Å². The number of amides is 2. The first-order valence-corrected chi connectivity index (χ1v) is 11.6. The minimum Gasteiger partial charge on any atom is -0.492 e. The molecule has 162 valence electrons. The number of urea groups is 1. The Balaban J connectivity index is 1.62. The predicted molar refractivity (Wildman–Crippen MR) is 120 cm³/mol. The molecule has 29 heavy (non-hydrogen) atoms. The summed E-state index contributed by atoms with van der Waals surface area (Å²) in [7, 11) is 1.58. The summed E-state index contributed by atoms with van der Waals surface area (Å²) >= 11 is 7.95. The molecule has 6 nitrogen and oxygen atoms in total. The maximum Gasteiger partial charge on any atom is 0.317 e. The molecule has 1 aromatic rings. The first-order valence-electron chi connectivity index (χ1n) is 10.2. The van der Waals surface area contributed by atoms with Crippen LogP contribution in [-0.4, -0.2) is 49.7 Å². The molecule has 0 aromatic heterocycles. The fourth-order valence-corrected chi connectivity index (χ4v) is 3.85. The monoisotopic (exact) mass is 441 g/mol. The number of aldehydes is 1.